The quantitative estimate of drug-likeness (QED) is 0.522. The maximum atomic E-state index is 9.28. The number of hydrogen-bond donors (Lipinski definition) is 2. The minimum atomic E-state index is -1.63. The van der Waals surface area contributed by atoms with E-state index in [-0.39, 0.29) is 33.4 Å². The molecule has 0 heterocycles. The summed E-state index contributed by atoms with van der Waals surface area (Å²) < 4.78 is 0. The summed E-state index contributed by atoms with van der Waals surface area (Å²) >= 11 is 0. The maximum absolute atomic E-state index is 9.28. The number of rotatable bonds is 2. The number of carboxylic acids is 2. The van der Waals surface area contributed by atoms with E-state index in [0.717, 1.165) is 0 Å². The predicted octanol–water partition coefficient (Wildman–Crippen LogP) is -2.80. The molecule has 0 aliphatic carbocycles. The molecular weight excluding hydrogens is 323 g/mol. The molecule has 0 amide bonds. The van der Waals surface area contributed by atoms with E-state index in [9.17, 15) is 19.8 Å². The standard InChI is InChI=1S/C3H4O4.2H3N.Pt/c4-2(5)1-3(6)7;;;/h1H2,(H,4,5)(H,6,7);2*1H3;/q;;;+2/p-2. The molecule has 6 N–H and O–H groups in total. The Morgan fingerprint density at radius 2 is 1.20 bits per heavy atom. The van der Waals surface area contributed by atoms with Gasteiger partial charge in [0.2, 0.25) is 0 Å². The van der Waals surface area contributed by atoms with Gasteiger partial charge in [0.25, 0.3) is 0 Å². The molecule has 0 aliphatic rings. The molecule has 10 heavy (non-hydrogen) atoms. The van der Waals surface area contributed by atoms with E-state index in [1.54, 1.807) is 0 Å². The van der Waals surface area contributed by atoms with Crippen LogP contribution < -0.4 is 22.5 Å². The van der Waals surface area contributed by atoms with Crippen molar-refractivity contribution in [3.63, 3.8) is 0 Å². The smallest absolute Gasteiger partial charge is 0.550 e. The zero-order valence-corrected chi connectivity index (χ0v) is 7.34. The Hall–Kier alpha value is -0.452. The largest absolute Gasteiger partial charge is 2.00 e. The normalized spacial score (nSPS) is 5.60. The van der Waals surface area contributed by atoms with Crippen LogP contribution in [0, 0.1) is 0 Å². The van der Waals surface area contributed by atoms with E-state index in [4.69, 9.17) is 0 Å². The van der Waals surface area contributed by atoms with Crippen molar-refractivity contribution < 1.29 is 40.9 Å². The average Bonchev–Trinajstić information content (AvgIpc) is 1.27. The van der Waals surface area contributed by atoms with Gasteiger partial charge >= 0.3 is 21.1 Å². The average molecular weight is 331 g/mol. The summed E-state index contributed by atoms with van der Waals surface area (Å²) in [7, 11) is 0. The number of hydrogen-bond acceptors (Lipinski definition) is 6. The summed E-state index contributed by atoms with van der Waals surface area (Å²) in [4.78, 5) is 18.6. The van der Waals surface area contributed by atoms with Crippen molar-refractivity contribution >= 4 is 11.9 Å². The second kappa shape index (κ2) is 11.4. The third-order valence-corrected chi connectivity index (χ3v) is 0.289. The first kappa shape index (κ1) is 22.7. The van der Waals surface area contributed by atoms with Gasteiger partial charge in [0.1, 0.15) is 0 Å². The van der Waals surface area contributed by atoms with Gasteiger partial charge in [-0.15, -0.1) is 0 Å². The SMILES string of the molecule is N.N.O=C([O-])CC(=O)[O-].[Pt+2]. The van der Waals surface area contributed by atoms with Gasteiger partial charge in [-0.25, -0.2) is 0 Å². The molecule has 0 saturated heterocycles. The summed E-state index contributed by atoms with van der Waals surface area (Å²) in [5.74, 6) is -3.25. The van der Waals surface area contributed by atoms with Gasteiger partial charge < -0.3 is 32.1 Å². The Morgan fingerprint density at radius 3 is 1.20 bits per heavy atom. The summed E-state index contributed by atoms with van der Waals surface area (Å²) in [6.07, 6.45) is -1.03. The summed E-state index contributed by atoms with van der Waals surface area (Å²) in [6, 6.07) is 0. The summed E-state index contributed by atoms with van der Waals surface area (Å²) in [5.41, 5.74) is 0. The number of carboxylic acid groups (broad SMARTS) is 2. The molecule has 7 heteroatoms. The molecule has 0 atom stereocenters. The molecule has 6 nitrogen and oxygen atoms in total. The number of carbonyl (C=O) groups is 2. The molecule has 0 aromatic rings. The molecule has 0 aromatic carbocycles. The van der Waals surface area contributed by atoms with Crippen LogP contribution in [0.15, 0.2) is 0 Å². The second-order valence-corrected chi connectivity index (χ2v) is 0.921. The molecule has 0 bridgehead atoms. The molecule has 64 valence electrons. The van der Waals surface area contributed by atoms with Gasteiger partial charge in [-0.1, -0.05) is 0 Å². The van der Waals surface area contributed by atoms with Crippen LogP contribution in [0.5, 0.6) is 0 Å². The van der Waals surface area contributed by atoms with Crippen LogP contribution in [0.2, 0.25) is 0 Å². The summed E-state index contributed by atoms with van der Waals surface area (Å²) in [6.45, 7) is 0. The van der Waals surface area contributed by atoms with E-state index < -0.39 is 18.4 Å². The first-order valence-electron chi connectivity index (χ1n) is 1.52. The third-order valence-electron chi connectivity index (χ3n) is 0.289. The van der Waals surface area contributed by atoms with Crippen LogP contribution in [0.25, 0.3) is 0 Å². The van der Waals surface area contributed by atoms with Crippen molar-refractivity contribution in [1.29, 1.82) is 0 Å². The molecule has 0 unspecified atom stereocenters. The molecule has 0 rings (SSSR count). The second-order valence-electron chi connectivity index (χ2n) is 0.921. The van der Waals surface area contributed by atoms with Gasteiger partial charge in [0.15, 0.2) is 0 Å². The Labute approximate surface area is 72.0 Å². The van der Waals surface area contributed by atoms with Crippen molar-refractivity contribution in [2.45, 2.75) is 6.42 Å². The Bertz CT molecular complexity index is 94.7. The fourth-order valence-electron chi connectivity index (χ4n) is 0.118. The van der Waals surface area contributed by atoms with Crippen molar-refractivity contribution in [2.24, 2.45) is 0 Å². The van der Waals surface area contributed by atoms with E-state index in [1.165, 1.54) is 0 Å². The van der Waals surface area contributed by atoms with E-state index in [1.807, 2.05) is 0 Å². The zero-order valence-electron chi connectivity index (χ0n) is 5.07. The van der Waals surface area contributed by atoms with Gasteiger partial charge in [0, 0.05) is 18.4 Å². The van der Waals surface area contributed by atoms with Gasteiger partial charge in [-0.3, -0.25) is 0 Å². The maximum Gasteiger partial charge on any atom is 2.00 e. The zero-order chi connectivity index (χ0) is 5.86. The fraction of sp³-hybridized carbons (Fsp3) is 0.333. The first-order chi connectivity index (χ1) is 3.13. The number of aliphatic carboxylic acids is 2. The van der Waals surface area contributed by atoms with Crippen LogP contribution in [-0.4, -0.2) is 11.9 Å². The Kier molecular flexibility index (Phi) is 25.7. The van der Waals surface area contributed by atoms with E-state index >= 15 is 0 Å². The van der Waals surface area contributed by atoms with Crippen LogP contribution >= 0.6 is 0 Å². The number of carbonyl (C=O) groups excluding carboxylic acids is 2. The van der Waals surface area contributed by atoms with Crippen LogP contribution in [0.1, 0.15) is 6.42 Å². The molecule has 0 spiro atoms. The van der Waals surface area contributed by atoms with Gasteiger partial charge in [-0.2, -0.15) is 0 Å². The molecule has 0 aliphatic heterocycles. The monoisotopic (exact) mass is 331 g/mol. The minimum Gasteiger partial charge on any atom is -0.550 e. The topological polar surface area (TPSA) is 150 Å². The fourth-order valence-corrected chi connectivity index (χ4v) is 0.118. The van der Waals surface area contributed by atoms with Crippen molar-refractivity contribution in [1.82, 2.24) is 12.3 Å². The van der Waals surface area contributed by atoms with Crippen molar-refractivity contribution in [3.8, 4) is 0 Å². The van der Waals surface area contributed by atoms with Gasteiger partial charge in [0.05, 0.1) is 0 Å². The predicted molar refractivity (Wildman–Crippen MR) is 24.7 cm³/mol. The summed E-state index contributed by atoms with van der Waals surface area (Å²) in [5, 5.41) is 18.6. The molecule has 0 aromatic heterocycles. The Balaban J connectivity index is -0.0000000600. The van der Waals surface area contributed by atoms with Gasteiger partial charge in [-0.05, 0) is 0 Å². The van der Waals surface area contributed by atoms with E-state index in [0.29, 0.717) is 0 Å². The molecule has 0 fully saturated rings. The minimum absolute atomic E-state index is 0. The van der Waals surface area contributed by atoms with Crippen LogP contribution in [-0.2, 0) is 30.7 Å². The molecule has 0 saturated carbocycles. The molecule has 0 radical (unpaired) electrons. The van der Waals surface area contributed by atoms with E-state index in [2.05, 4.69) is 0 Å². The van der Waals surface area contributed by atoms with Crippen LogP contribution in [0.4, 0.5) is 0 Å². The first-order valence-corrected chi connectivity index (χ1v) is 1.52. The Morgan fingerprint density at radius 1 is 1.00 bits per heavy atom. The van der Waals surface area contributed by atoms with Crippen molar-refractivity contribution in [2.75, 3.05) is 0 Å². The van der Waals surface area contributed by atoms with Crippen molar-refractivity contribution in [3.05, 3.63) is 0 Å². The third kappa shape index (κ3) is 25.7. The molecular formula is C3H8N2O4Pt. The van der Waals surface area contributed by atoms with Crippen LogP contribution in [0.3, 0.4) is 0 Å².